The number of anilines is 1. The van der Waals surface area contributed by atoms with E-state index in [0.29, 0.717) is 47.4 Å². The van der Waals surface area contributed by atoms with E-state index >= 15 is 4.39 Å². The summed E-state index contributed by atoms with van der Waals surface area (Å²) in [4.78, 5) is 16.1. The lowest BCUT2D eigenvalue weighted by molar-refractivity contribution is 0.137. The van der Waals surface area contributed by atoms with E-state index in [4.69, 9.17) is 21.3 Å². The van der Waals surface area contributed by atoms with Crippen LogP contribution in [0, 0.1) is 24.6 Å². The van der Waals surface area contributed by atoms with Crippen molar-refractivity contribution in [2.75, 3.05) is 24.6 Å². The molecule has 1 aliphatic heterocycles. The largest absolute Gasteiger partial charge is 0.461 e. The van der Waals surface area contributed by atoms with Crippen molar-refractivity contribution >= 4 is 39.1 Å². The number of hydrogen-bond donors (Lipinski definition) is 1. The number of halogens is 2. The molecular weight excluding hydrogens is 529 g/mol. The average molecular weight is 558 g/mol. The topological polar surface area (TPSA) is 76.3 Å². The van der Waals surface area contributed by atoms with Crippen LogP contribution in [-0.2, 0) is 6.54 Å². The van der Waals surface area contributed by atoms with E-state index in [1.54, 1.807) is 12.3 Å². The second-order valence-corrected chi connectivity index (χ2v) is 11.3. The van der Waals surface area contributed by atoms with Gasteiger partial charge in [-0.05, 0) is 49.3 Å². The van der Waals surface area contributed by atoms with Crippen LogP contribution in [0.3, 0.4) is 0 Å². The molecule has 0 spiro atoms. The first-order valence-electron chi connectivity index (χ1n) is 13.7. The first-order valence-corrected chi connectivity index (χ1v) is 14.1. The summed E-state index contributed by atoms with van der Waals surface area (Å²) in [5.74, 6) is 0.587. The van der Waals surface area contributed by atoms with Gasteiger partial charge in [0.25, 0.3) is 0 Å². The van der Waals surface area contributed by atoms with Crippen LogP contribution in [0.25, 0.3) is 32.9 Å². The van der Waals surface area contributed by atoms with E-state index < -0.39 is 5.82 Å². The van der Waals surface area contributed by atoms with Crippen molar-refractivity contribution in [3.63, 3.8) is 0 Å². The maximum Gasteiger partial charge on any atom is 0.319 e. The van der Waals surface area contributed by atoms with E-state index in [1.165, 1.54) is 0 Å². The number of rotatable bonds is 6. The van der Waals surface area contributed by atoms with Gasteiger partial charge in [-0.25, -0.2) is 4.39 Å². The lowest BCUT2D eigenvalue weighted by Crippen LogP contribution is -2.38. The van der Waals surface area contributed by atoms with Crippen LogP contribution in [0.5, 0.6) is 6.01 Å². The Bertz CT molecular complexity index is 1730. The molecule has 2 fully saturated rings. The molecule has 40 heavy (non-hydrogen) atoms. The molecule has 0 amide bonds. The molecule has 0 unspecified atom stereocenters. The maximum atomic E-state index is 16.5. The van der Waals surface area contributed by atoms with Crippen molar-refractivity contribution in [1.29, 1.82) is 0 Å². The normalized spacial score (nSPS) is 20.5. The van der Waals surface area contributed by atoms with Gasteiger partial charge in [-0.15, -0.1) is 0 Å². The molecule has 1 saturated heterocycles. The van der Waals surface area contributed by atoms with Crippen molar-refractivity contribution in [3.05, 3.63) is 77.5 Å². The van der Waals surface area contributed by atoms with Crippen LogP contribution >= 0.6 is 11.6 Å². The molecule has 7 rings (SSSR count). The first kappa shape index (κ1) is 25.2. The summed E-state index contributed by atoms with van der Waals surface area (Å²) in [6, 6.07) is 15.4. The summed E-state index contributed by atoms with van der Waals surface area (Å²) in [6.45, 7) is 4.38. The number of fused-ring (bicyclic) bond motifs is 4. The summed E-state index contributed by atoms with van der Waals surface area (Å²) in [7, 11) is 0. The Morgan fingerprint density at radius 3 is 2.73 bits per heavy atom. The van der Waals surface area contributed by atoms with Crippen LogP contribution in [-0.4, -0.2) is 50.4 Å². The highest BCUT2D eigenvalue weighted by Crippen LogP contribution is 2.41. The Hall–Kier alpha value is -3.75. The molecule has 9 heteroatoms. The molecular formula is C31H29ClFN5O2. The van der Waals surface area contributed by atoms with Gasteiger partial charge < -0.3 is 19.3 Å². The number of aliphatic hydroxyl groups is 1. The summed E-state index contributed by atoms with van der Waals surface area (Å²) < 4.78 is 24.6. The number of ether oxygens (including phenoxy) is 1. The number of benzene rings is 2. The predicted octanol–water partition coefficient (Wildman–Crippen LogP) is 6.03. The van der Waals surface area contributed by atoms with Gasteiger partial charge in [0, 0.05) is 53.1 Å². The zero-order chi connectivity index (χ0) is 27.4. The van der Waals surface area contributed by atoms with Gasteiger partial charge in [0.2, 0.25) is 0 Å². The number of aliphatic hydroxyl groups excluding tert-OH is 1. The highest BCUT2D eigenvalue weighted by molar-refractivity contribution is 6.36. The van der Waals surface area contributed by atoms with Gasteiger partial charge >= 0.3 is 6.01 Å². The number of aryl methyl sites for hydroxylation is 1. The summed E-state index contributed by atoms with van der Waals surface area (Å²) in [5, 5.41) is 13.2. The van der Waals surface area contributed by atoms with Crippen molar-refractivity contribution in [1.82, 2.24) is 19.5 Å². The van der Waals surface area contributed by atoms with Gasteiger partial charge in [0.05, 0.1) is 18.0 Å². The third-order valence-electron chi connectivity index (χ3n) is 8.36. The van der Waals surface area contributed by atoms with Crippen LogP contribution < -0.4 is 9.64 Å². The Balaban J connectivity index is 1.33. The maximum absolute atomic E-state index is 16.5. The second kappa shape index (κ2) is 10.0. The van der Waals surface area contributed by atoms with Gasteiger partial charge in [-0.3, -0.25) is 4.98 Å². The molecule has 2 aromatic carbocycles. The average Bonchev–Trinajstić information content (AvgIpc) is 3.48. The van der Waals surface area contributed by atoms with Crippen LogP contribution in [0.15, 0.2) is 60.9 Å². The lowest BCUT2D eigenvalue weighted by Gasteiger charge is -2.33. The van der Waals surface area contributed by atoms with Crippen molar-refractivity contribution in [3.8, 4) is 17.3 Å². The van der Waals surface area contributed by atoms with E-state index in [2.05, 4.69) is 19.4 Å². The standard InChI is InChI=1S/C31H29ClFN5O2/c1-18-5-4-10-37(18)11-12-40-31-35-29-23(30(36-31)38-16-19-13-21(17-38)25(39)14-19)15-34-28(27(29)33)22-8-2-6-20-7-3-9-24(32)26(20)22/h2-10,15,19,21,25,39H,11-14,16-17H2,1H3/t19-,21-,25-/m1/s1. The van der Waals surface area contributed by atoms with Gasteiger partial charge in [0.1, 0.15) is 23.6 Å². The lowest BCUT2D eigenvalue weighted by atomic mass is 9.98. The Labute approximate surface area is 236 Å². The molecule has 1 aliphatic carbocycles. The first-order chi connectivity index (χ1) is 19.5. The van der Waals surface area contributed by atoms with Crippen molar-refractivity contribution < 1.29 is 14.2 Å². The summed E-state index contributed by atoms with van der Waals surface area (Å²) in [6.07, 6.45) is 5.11. The van der Waals surface area contributed by atoms with Crippen molar-refractivity contribution in [2.45, 2.75) is 32.4 Å². The fourth-order valence-corrected chi connectivity index (χ4v) is 6.68. The van der Waals surface area contributed by atoms with E-state index in [0.717, 1.165) is 35.9 Å². The monoisotopic (exact) mass is 557 g/mol. The minimum atomic E-state index is -0.542. The minimum absolute atomic E-state index is 0.123. The smallest absolute Gasteiger partial charge is 0.319 e. The van der Waals surface area contributed by atoms with Crippen LogP contribution in [0.1, 0.15) is 18.5 Å². The molecule has 2 aliphatic rings. The minimum Gasteiger partial charge on any atom is -0.461 e. The van der Waals surface area contributed by atoms with E-state index in [9.17, 15) is 5.11 Å². The molecule has 1 N–H and O–H groups in total. The molecule has 2 bridgehead atoms. The Morgan fingerprint density at radius 1 is 1.07 bits per heavy atom. The van der Waals surface area contributed by atoms with Crippen LogP contribution in [0.4, 0.5) is 10.2 Å². The van der Waals surface area contributed by atoms with Crippen LogP contribution in [0.2, 0.25) is 5.02 Å². The third kappa shape index (κ3) is 4.35. The molecule has 3 atom stereocenters. The van der Waals surface area contributed by atoms with E-state index in [-0.39, 0.29) is 29.2 Å². The molecule has 7 nitrogen and oxygen atoms in total. The van der Waals surface area contributed by atoms with E-state index in [1.807, 2.05) is 55.6 Å². The highest BCUT2D eigenvalue weighted by atomic mass is 35.5. The zero-order valence-corrected chi connectivity index (χ0v) is 22.9. The summed E-state index contributed by atoms with van der Waals surface area (Å²) in [5.41, 5.74) is 2.07. The molecule has 1 saturated carbocycles. The Morgan fingerprint density at radius 2 is 1.93 bits per heavy atom. The van der Waals surface area contributed by atoms with Gasteiger partial charge in [-0.2, -0.15) is 9.97 Å². The predicted molar refractivity (Wildman–Crippen MR) is 154 cm³/mol. The zero-order valence-electron chi connectivity index (χ0n) is 22.1. The fourth-order valence-electron chi connectivity index (χ4n) is 6.40. The quantitative estimate of drug-likeness (QED) is 0.274. The number of aromatic nitrogens is 4. The van der Waals surface area contributed by atoms with Gasteiger partial charge in [0.15, 0.2) is 5.82 Å². The summed E-state index contributed by atoms with van der Waals surface area (Å²) >= 11 is 6.57. The third-order valence-corrected chi connectivity index (χ3v) is 8.68. The van der Waals surface area contributed by atoms with Gasteiger partial charge in [-0.1, -0.05) is 41.9 Å². The second-order valence-electron chi connectivity index (χ2n) is 10.9. The number of pyridine rings is 1. The van der Waals surface area contributed by atoms with Crippen molar-refractivity contribution in [2.24, 2.45) is 11.8 Å². The highest BCUT2D eigenvalue weighted by Gasteiger charge is 2.40. The molecule has 3 aromatic heterocycles. The SMILES string of the molecule is Cc1cccn1CCOc1nc(N2C[C@@H]3C[C@H](C2)[C@H](O)C3)c2cnc(-c3cccc4cccc(Cl)c34)c(F)c2n1. The number of hydrogen-bond acceptors (Lipinski definition) is 6. The molecule has 0 radical (unpaired) electrons. The number of piperidine rings is 1. The fraction of sp³-hybridized carbons (Fsp3) is 0.323. The molecule has 204 valence electrons. The molecule has 5 aromatic rings. The Kier molecular flexibility index (Phi) is 6.32. The number of nitrogens with zero attached hydrogens (tertiary/aromatic N) is 5. The molecule has 4 heterocycles.